The van der Waals surface area contributed by atoms with Crippen LogP contribution in [0.5, 0.6) is 0 Å². The molecule has 0 saturated carbocycles. The Labute approximate surface area is 71.1 Å². The number of anilines is 2. The van der Waals surface area contributed by atoms with Crippen LogP contribution in [0.3, 0.4) is 0 Å². The quantitative estimate of drug-likeness (QED) is 0.293. The molecular weight excluding hydrogens is 152 g/mol. The van der Waals surface area contributed by atoms with E-state index in [1.54, 1.807) is 25.2 Å². The zero-order valence-corrected chi connectivity index (χ0v) is 6.89. The average Bonchev–Trinajstić information content (AvgIpc) is 2.04. The molecule has 1 aromatic carbocycles. The largest absolute Gasteiger partial charge is 0.397 e. The number of benzene rings is 1. The number of nitrogens with two attached hydrogens (primary N) is 2. The highest BCUT2D eigenvalue weighted by molar-refractivity contribution is 5.96. The second-order valence-electron chi connectivity index (χ2n) is 2.47. The van der Waals surface area contributed by atoms with Gasteiger partial charge in [-0.3, -0.25) is 5.41 Å². The Morgan fingerprint density at radius 3 is 2.58 bits per heavy atom. The van der Waals surface area contributed by atoms with Crippen LogP contribution in [0, 0.1) is 5.41 Å². The van der Waals surface area contributed by atoms with E-state index in [4.69, 9.17) is 16.9 Å². The lowest BCUT2D eigenvalue weighted by Crippen LogP contribution is -2.11. The Bertz CT molecular complexity index is 306. The van der Waals surface area contributed by atoms with Crippen molar-refractivity contribution in [2.24, 2.45) is 5.73 Å². The normalized spacial score (nSPS) is 9.42. The Morgan fingerprint density at radius 2 is 2.17 bits per heavy atom. The molecule has 0 atom stereocenters. The molecule has 0 heterocycles. The molecule has 12 heavy (non-hydrogen) atoms. The van der Waals surface area contributed by atoms with E-state index in [9.17, 15) is 0 Å². The third-order valence-corrected chi connectivity index (χ3v) is 1.63. The van der Waals surface area contributed by atoms with Gasteiger partial charge in [0.25, 0.3) is 0 Å². The van der Waals surface area contributed by atoms with Crippen molar-refractivity contribution in [3.05, 3.63) is 23.8 Å². The van der Waals surface area contributed by atoms with Crippen LogP contribution in [0.15, 0.2) is 18.2 Å². The predicted molar refractivity (Wildman–Crippen MR) is 51.4 cm³/mol. The fourth-order valence-electron chi connectivity index (χ4n) is 0.958. The van der Waals surface area contributed by atoms with Gasteiger partial charge >= 0.3 is 0 Å². The molecule has 0 fully saturated rings. The highest BCUT2D eigenvalue weighted by Crippen LogP contribution is 2.18. The molecule has 0 radical (unpaired) electrons. The molecule has 64 valence electrons. The number of hydrogen-bond donors (Lipinski definition) is 4. The lowest BCUT2D eigenvalue weighted by atomic mass is 10.1. The fraction of sp³-hybridized carbons (Fsp3) is 0.125. The van der Waals surface area contributed by atoms with Crippen LogP contribution in [0.2, 0.25) is 0 Å². The zero-order chi connectivity index (χ0) is 9.14. The summed E-state index contributed by atoms with van der Waals surface area (Å²) >= 11 is 0. The lowest BCUT2D eigenvalue weighted by molar-refractivity contribution is 1.42. The minimum atomic E-state index is 0.0318. The summed E-state index contributed by atoms with van der Waals surface area (Å²) in [6.45, 7) is 0. The van der Waals surface area contributed by atoms with Crippen LogP contribution >= 0.6 is 0 Å². The van der Waals surface area contributed by atoms with Gasteiger partial charge in [0, 0.05) is 12.6 Å². The fourth-order valence-corrected chi connectivity index (χ4v) is 0.958. The molecule has 4 heteroatoms. The van der Waals surface area contributed by atoms with Gasteiger partial charge in [-0.1, -0.05) is 0 Å². The van der Waals surface area contributed by atoms with Crippen LogP contribution in [-0.4, -0.2) is 12.9 Å². The molecule has 0 bridgehead atoms. The Kier molecular flexibility index (Phi) is 2.19. The summed E-state index contributed by atoms with van der Waals surface area (Å²) < 4.78 is 0. The molecule has 0 unspecified atom stereocenters. The third kappa shape index (κ3) is 1.47. The number of amidine groups is 1. The van der Waals surface area contributed by atoms with E-state index >= 15 is 0 Å². The maximum atomic E-state index is 7.16. The van der Waals surface area contributed by atoms with E-state index in [0.29, 0.717) is 11.3 Å². The molecule has 1 aromatic rings. The van der Waals surface area contributed by atoms with Crippen molar-refractivity contribution >= 4 is 17.2 Å². The highest BCUT2D eigenvalue weighted by atomic mass is 14.8. The second-order valence-corrected chi connectivity index (χ2v) is 2.47. The van der Waals surface area contributed by atoms with E-state index in [2.05, 4.69) is 5.32 Å². The van der Waals surface area contributed by atoms with Crippen molar-refractivity contribution in [1.29, 1.82) is 5.41 Å². The molecular formula is C8H12N4. The highest BCUT2D eigenvalue weighted by Gasteiger charge is 2.00. The van der Waals surface area contributed by atoms with Gasteiger partial charge in [-0.2, -0.15) is 0 Å². The van der Waals surface area contributed by atoms with Crippen molar-refractivity contribution < 1.29 is 0 Å². The molecule has 0 spiro atoms. The number of nitrogen functional groups attached to an aromatic ring is 2. The van der Waals surface area contributed by atoms with Gasteiger partial charge in [0.2, 0.25) is 0 Å². The van der Waals surface area contributed by atoms with E-state index in [1.807, 2.05) is 0 Å². The van der Waals surface area contributed by atoms with Gasteiger partial charge in [0.1, 0.15) is 5.84 Å². The number of nitrogens with one attached hydrogen (secondary N) is 2. The first-order valence-electron chi connectivity index (χ1n) is 3.57. The van der Waals surface area contributed by atoms with Crippen LogP contribution < -0.4 is 16.8 Å². The molecule has 0 saturated heterocycles. The molecule has 0 aliphatic heterocycles. The smallest absolute Gasteiger partial charge is 0.122 e. The van der Waals surface area contributed by atoms with E-state index in [1.165, 1.54) is 0 Å². The van der Waals surface area contributed by atoms with E-state index in [0.717, 1.165) is 5.69 Å². The third-order valence-electron chi connectivity index (χ3n) is 1.63. The van der Waals surface area contributed by atoms with Gasteiger partial charge in [-0.25, -0.2) is 0 Å². The summed E-state index contributed by atoms with van der Waals surface area (Å²) in [5.41, 5.74) is 13.0. The second kappa shape index (κ2) is 3.13. The molecule has 0 amide bonds. The summed E-state index contributed by atoms with van der Waals surface area (Å²) in [4.78, 5) is 0. The summed E-state index contributed by atoms with van der Waals surface area (Å²) in [6.07, 6.45) is 0. The van der Waals surface area contributed by atoms with E-state index < -0.39 is 0 Å². The van der Waals surface area contributed by atoms with Gasteiger partial charge in [-0.15, -0.1) is 0 Å². The van der Waals surface area contributed by atoms with Gasteiger partial charge in [0.15, 0.2) is 0 Å². The van der Waals surface area contributed by atoms with Gasteiger partial charge in [-0.05, 0) is 18.2 Å². The van der Waals surface area contributed by atoms with Gasteiger partial charge in [0.05, 0.1) is 11.4 Å². The Hall–Kier alpha value is -1.71. The summed E-state index contributed by atoms with van der Waals surface area (Å²) in [7, 11) is 1.79. The van der Waals surface area contributed by atoms with Crippen LogP contribution in [0.25, 0.3) is 0 Å². The minimum absolute atomic E-state index is 0.0318. The SMILES string of the molecule is CNc1ccc(C(=N)N)cc1N. The van der Waals surface area contributed by atoms with Crippen LogP contribution in [0.1, 0.15) is 5.56 Å². The first-order chi connectivity index (χ1) is 5.65. The van der Waals surface area contributed by atoms with Crippen molar-refractivity contribution in [3.8, 4) is 0 Å². The molecule has 6 N–H and O–H groups in total. The Balaban J connectivity index is 3.10. The Morgan fingerprint density at radius 1 is 1.50 bits per heavy atom. The first kappa shape index (κ1) is 8.39. The predicted octanol–water partition coefficient (Wildman–Crippen LogP) is 0.595. The first-order valence-corrected chi connectivity index (χ1v) is 3.57. The lowest BCUT2D eigenvalue weighted by Gasteiger charge is -2.05. The van der Waals surface area contributed by atoms with Gasteiger partial charge < -0.3 is 16.8 Å². The average molecular weight is 164 g/mol. The molecule has 1 rings (SSSR count). The number of hydrogen-bond acceptors (Lipinski definition) is 3. The molecule has 0 aromatic heterocycles. The minimum Gasteiger partial charge on any atom is -0.397 e. The summed E-state index contributed by atoms with van der Waals surface area (Å²) in [5, 5.41) is 10.1. The van der Waals surface area contributed by atoms with Crippen LogP contribution in [0.4, 0.5) is 11.4 Å². The monoisotopic (exact) mass is 164 g/mol. The van der Waals surface area contributed by atoms with Crippen molar-refractivity contribution in [2.45, 2.75) is 0 Å². The topological polar surface area (TPSA) is 87.9 Å². The summed E-state index contributed by atoms with van der Waals surface area (Å²) in [5.74, 6) is 0.0318. The standard InChI is InChI=1S/C8H12N4/c1-12-7-3-2-5(8(10)11)4-6(7)9/h2-4,12H,9H2,1H3,(H3,10,11). The van der Waals surface area contributed by atoms with Crippen molar-refractivity contribution in [3.63, 3.8) is 0 Å². The molecule has 0 aliphatic rings. The number of rotatable bonds is 2. The maximum absolute atomic E-state index is 7.16. The van der Waals surface area contributed by atoms with E-state index in [-0.39, 0.29) is 5.84 Å². The van der Waals surface area contributed by atoms with Crippen molar-refractivity contribution in [1.82, 2.24) is 0 Å². The molecule has 4 nitrogen and oxygen atoms in total. The molecule has 0 aliphatic carbocycles. The van der Waals surface area contributed by atoms with Crippen molar-refractivity contribution in [2.75, 3.05) is 18.1 Å². The zero-order valence-electron chi connectivity index (χ0n) is 6.89. The van der Waals surface area contributed by atoms with Crippen LogP contribution in [-0.2, 0) is 0 Å². The summed E-state index contributed by atoms with van der Waals surface area (Å²) in [6, 6.07) is 5.23. The maximum Gasteiger partial charge on any atom is 0.122 e.